The molecule has 188 valence electrons. The van der Waals surface area contributed by atoms with E-state index in [1.54, 1.807) is 11.1 Å². The summed E-state index contributed by atoms with van der Waals surface area (Å²) in [6, 6.07) is 14.6. The zero-order valence-corrected chi connectivity index (χ0v) is 20.8. The largest absolute Gasteiger partial charge is 0.384 e. The van der Waals surface area contributed by atoms with E-state index in [0.29, 0.717) is 31.6 Å². The van der Waals surface area contributed by atoms with Gasteiger partial charge in [0.15, 0.2) is 0 Å². The van der Waals surface area contributed by atoms with Gasteiger partial charge in [-0.3, -0.25) is 4.79 Å². The molecule has 0 aliphatic carbocycles. The van der Waals surface area contributed by atoms with Crippen LogP contribution in [0.1, 0.15) is 51.4 Å². The third-order valence-corrected chi connectivity index (χ3v) is 6.02. The van der Waals surface area contributed by atoms with E-state index in [9.17, 15) is 18.7 Å². The molecule has 3 rings (SSSR count). The van der Waals surface area contributed by atoms with Gasteiger partial charge in [0.2, 0.25) is 0 Å². The van der Waals surface area contributed by atoms with Crippen LogP contribution in [0.2, 0.25) is 0 Å². The number of aliphatic hydroxyl groups excluding tert-OH is 1. The minimum absolute atomic E-state index is 0.154. The molecule has 1 heterocycles. The van der Waals surface area contributed by atoms with Crippen LogP contribution in [0.4, 0.5) is 8.78 Å². The highest BCUT2D eigenvalue weighted by Crippen LogP contribution is 2.41. The molecule has 2 atom stereocenters. The first-order valence-electron chi connectivity index (χ1n) is 11.9. The number of carbonyl (C=O) groups excluding carboxylic acids is 1. The lowest BCUT2D eigenvalue weighted by atomic mass is 9.82. The van der Waals surface area contributed by atoms with Crippen LogP contribution in [-0.4, -0.2) is 39.7 Å². The summed E-state index contributed by atoms with van der Waals surface area (Å²) in [6.07, 6.45) is 1.18. The standard InChI is InChI=1S/C28H35F2N3O2/c1-19(34)27(35)33(14-8-13-31)26(28(2,3)4)25-15-21(23-16-22(29)11-12-24(23)30)18-32(25)17-20-9-6-5-7-10-20/h5-7,9-12,15-16,18-19,26,34H,8,13-14,17,31H2,1-4H3. The quantitative estimate of drug-likeness (QED) is 0.443. The first-order valence-corrected chi connectivity index (χ1v) is 11.9. The van der Waals surface area contributed by atoms with Crippen LogP contribution in [-0.2, 0) is 11.3 Å². The summed E-state index contributed by atoms with van der Waals surface area (Å²) in [5.41, 5.74) is 7.79. The molecule has 0 spiro atoms. The number of aromatic nitrogens is 1. The van der Waals surface area contributed by atoms with Crippen LogP contribution in [0.25, 0.3) is 11.1 Å². The van der Waals surface area contributed by atoms with Crippen molar-refractivity contribution in [3.05, 3.63) is 83.7 Å². The van der Waals surface area contributed by atoms with Crippen LogP contribution >= 0.6 is 0 Å². The molecule has 7 heteroatoms. The first-order chi connectivity index (χ1) is 16.5. The summed E-state index contributed by atoms with van der Waals surface area (Å²) in [6.45, 7) is 8.75. The number of halogens is 2. The number of hydrogen-bond acceptors (Lipinski definition) is 3. The second-order valence-electron chi connectivity index (χ2n) is 10.0. The van der Waals surface area contributed by atoms with Crippen molar-refractivity contribution < 1.29 is 18.7 Å². The summed E-state index contributed by atoms with van der Waals surface area (Å²) in [7, 11) is 0. The predicted molar refractivity (Wildman–Crippen MR) is 135 cm³/mol. The van der Waals surface area contributed by atoms with Gasteiger partial charge < -0.3 is 20.3 Å². The summed E-state index contributed by atoms with van der Waals surface area (Å²) in [5.74, 6) is -1.45. The lowest BCUT2D eigenvalue weighted by molar-refractivity contribution is -0.144. The van der Waals surface area contributed by atoms with Gasteiger partial charge in [-0.1, -0.05) is 51.1 Å². The summed E-state index contributed by atoms with van der Waals surface area (Å²) in [4.78, 5) is 14.8. The number of nitrogens with two attached hydrogens (primary N) is 1. The van der Waals surface area contributed by atoms with E-state index in [2.05, 4.69) is 0 Å². The molecule has 0 radical (unpaired) electrons. The Kier molecular flexibility index (Phi) is 8.46. The maximum atomic E-state index is 14.7. The van der Waals surface area contributed by atoms with Crippen molar-refractivity contribution in [2.24, 2.45) is 11.1 Å². The van der Waals surface area contributed by atoms with Crippen LogP contribution in [0.3, 0.4) is 0 Å². The molecule has 2 unspecified atom stereocenters. The minimum atomic E-state index is -1.18. The molecule has 0 aliphatic heterocycles. The highest BCUT2D eigenvalue weighted by Gasteiger charge is 2.38. The van der Waals surface area contributed by atoms with Crippen LogP contribution in [0.15, 0.2) is 60.8 Å². The lowest BCUT2D eigenvalue weighted by Crippen LogP contribution is -2.46. The zero-order valence-electron chi connectivity index (χ0n) is 20.8. The number of carbonyl (C=O) groups is 1. The Morgan fingerprint density at radius 1 is 1.11 bits per heavy atom. The molecule has 1 aromatic heterocycles. The van der Waals surface area contributed by atoms with Crippen molar-refractivity contribution in [3.8, 4) is 11.1 Å². The molecule has 0 bridgehead atoms. The number of amides is 1. The average molecular weight is 484 g/mol. The summed E-state index contributed by atoms with van der Waals surface area (Å²) in [5, 5.41) is 10.2. The van der Waals surface area contributed by atoms with E-state index in [1.165, 1.54) is 13.0 Å². The molecule has 2 aromatic carbocycles. The second kappa shape index (κ2) is 11.1. The number of nitrogens with zero attached hydrogens (tertiary/aromatic N) is 2. The van der Waals surface area contributed by atoms with Gasteiger partial charge in [-0.05, 0) is 55.1 Å². The normalized spacial score (nSPS) is 13.5. The minimum Gasteiger partial charge on any atom is -0.384 e. The van der Waals surface area contributed by atoms with Crippen molar-refractivity contribution in [3.63, 3.8) is 0 Å². The monoisotopic (exact) mass is 483 g/mol. The number of benzene rings is 2. The van der Waals surface area contributed by atoms with Crippen molar-refractivity contribution >= 4 is 5.91 Å². The molecule has 0 saturated heterocycles. The Hall–Kier alpha value is -3.03. The Bertz CT molecular complexity index is 1140. The van der Waals surface area contributed by atoms with Gasteiger partial charge in [0.25, 0.3) is 5.91 Å². The molecule has 0 fully saturated rings. The number of hydrogen-bond donors (Lipinski definition) is 2. The Balaban J connectivity index is 2.22. The molecular weight excluding hydrogens is 448 g/mol. The van der Waals surface area contributed by atoms with E-state index in [1.807, 2.05) is 61.7 Å². The average Bonchev–Trinajstić information content (AvgIpc) is 3.19. The van der Waals surface area contributed by atoms with Gasteiger partial charge in [0.05, 0.1) is 6.04 Å². The number of aliphatic hydroxyl groups is 1. The predicted octanol–water partition coefficient (Wildman–Crippen LogP) is 5.13. The smallest absolute Gasteiger partial charge is 0.251 e. The fourth-order valence-electron chi connectivity index (χ4n) is 4.48. The van der Waals surface area contributed by atoms with E-state index >= 15 is 0 Å². The van der Waals surface area contributed by atoms with Crippen molar-refractivity contribution in [2.45, 2.75) is 52.8 Å². The fourth-order valence-corrected chi connectivity index (χ4v) is 4.48. The van der Waals surface area contributed by atoms with E-state index < -0.39 is 35.1 Å². The fraction of sp³-hybridized carbons (Fsp3) is 0.393. The van der Waals surface area contributed by atoms with Gasteiger partial charge in [-0.2, -0.15) is 0 Å². The van der Waals surface area contributed by atoms with Gasteiger partial charge >= 0.3 is 0 Å². The van der Waals surface area contributed by atoms with Gasteiger partial charge in [-0.25, -0.2) is 8.78 Å². The van der Waals surface area contributed by atoms with E-state index in [0.717, 1.165) is 23.4 Å². The summed E-state index contributed by atoms with van der Waals surface area (Å²) < 4.78 is 30.7. The molecule has 0 saturated carbocycles. The molecule has 0 aliphatic rings. The number of rotatable bonds is 9. The Morgan fingerprint density at radius 2 is 1.80 bits per heavy atom. The van der Waals surface area contributed by atoms with Crippen LogP contribution < -0.4 is 5.73 Å². The van der Waals surface area contributed by atoms with Gasteiger partial charge in [0.1, 0.15) is 17.7 Å². The van der Waals surface area contributed by atoms with Crippen molar-refractivity contribution in [2.75, 3.05) is 13.1 Å². The summed E-state index contributed by atoms with van der Waals surface area (Å²) >= 11 is 0. The Morgan fingerprint density at radius 3 is 2.40 bits per heavy atom. The lowest BCUT2D eigenvalue weighted by Gasteiger charge is -2.41. The maximum absolute atomic E-state index is 14.7. The van der Waals surface area contributed by atoms with E-state index in [-0.39, 0.29) is 5.56 Å². The molecule has 35 heavy (non-hydrogen) atoms. The SMILES string of the molecule is CC(O)C(=O)N(CCCN)C(c1cc(-c2cc(F)ccc2F)cn1Cc1ccccc1)C(C)(C)C. The zero-order chi connectivity index (χ0) is 25.8. The van der Waals surface area contributed by atoms with Crippen molar-refractivity contribution in [1.82, 2.24) is 9.47 Å². The highest BCUT2D eigenvalue weighted by atomic mass is 19.1. The third-order valence-electron chi connectivity index (χ3n) is 6.02. The van der Waals surface area contributed by atoms with Crippen molar-refractivity contribution in [1.29, 1.82) is 0 Å². The third kappa shape index (κ3) is 6.35. The van der Waals surface area contributed by atoms with Gasteiger partial charge in [0, 0.05) is 36.1 Å². The molecule has 3 N–H and O–H groups in total. The molecule has 1 amide bonds. The highest BCUT2D eigenvalue weighted by molar-refractivity contribution is 5.81. The molecule has 5 nitrogen and oxygen atoms in total. The topological polar surface area (TPSA) is 71.5 Å². The maximum Gasteiger partial charge on any atom is 0.251 e. The van der Waals surface area contributed by atoms with Crippen LogP contribution in [0, 0.1) is 17.0 Å². The van der Waals surface area contributed by atoms with E-state index in [4.69, 9.17) is 5.73 Å². The van der Waals surface area contributed by atoms with Gasteiger partial charge in [-0.15, -0.1) is 0 Å². The second-order valence-corrected chi connectivity index (χ2v) is 10.0. The first kappa shape index (κ1) is 26.6. The molecular formula is C28H35F2N3O2. The Labute approximate surface area is 206 Å². The van der Waals surface area contributed by atoms with Crippen LogP contribution in [0.5, 0.6) is 0 Å². The molecule has 3 aromatic rings.